The summed E-state index contributed by atoms with van der Waals surface area (Å²) < 4.78 is 60.7. The molecule has 27 heavy (non-hydrogen) atoms. The summed E-state index contributed by atoms with van der Waals surface area (Å²) in [5, 5.41) is 9.58. The number of phenolic OH excluding ortho intramolecular Hbond substituents is 1. The first kappa shape index (κ1) is 22.7. The molecule has 0 unspecified atom stereocenters. The molecule has 7 N–H and O–H groups in total. The van der Waals surface area contributed by atoms with Crippen molar-refractivity contribution in [2.75, 3.05) is 11.5 Å². The van der Waals surface area contributed by atoms with Crippen LogP contribution in [0.2, 0.25) is 0 Å². The number of hydrogen-bond acceptors (Lipinski definition) is 7. The maximum absolute atomic E-state index is 11.0. The highest BCUT2D eigenvalue weighted by Gasteiger charge is 2.17. The number of phenols is 1. The van der Waals surface area contributed by atoms with Gasteiger partial charge in [-0.3, -0.25) is 9.11 Å². The lowest BCUT2D eigenvalue weighted by Gasteiger charge is -2.11. The normalized spacial score (nSPS) is 11.8. The fourth-order valence-corrected chi connectivity index (χ4v) is 3.40. The maximum Gasteiger partial charge on any atom is 0.294 e. The van der Waals surface area contributed by atoms with Crippen molar-refractivity contribution in [3.63, 3.8) is 0 Å². The molecule has 2 rings (SSSR count). The Bertz CT molecular complexity index is 1050. The van der Waals surface area contributed by atoms with E-state index in [0.717, 1.165) is 6.07 Å². The highest BCUT2D eigenvalue weighted by atomic mass is 32.2. The summed E-state index contributed by atoms with van der Waals surface area (Å²) in [6.45, 7) is 5.18. The van der Waals surface area contributed by atoms with Crippen molar-refractivity contribution in [1.29, 1.82) is 0 Å². The van der Waals surface area contributed by atoms with Crippen molar-refractivity contribution in [2.24, 2.45) is 0 Å². The standard InChI is InChI=1S/C10H14O4S.C6H8N2O3S/c1-6(2)8-5-10(15(12,13)14)7(3)4-9(8)11;7-5-2-1-4(3-6(5)8)12(9,10)11/h4-6,11H,1-3H3,(H,12,13,14);1-3H,7-8H2,(H,9,10,11). The van der Waals surface area contributed by atoms with Crippen molar-refractivity contribution in [3.05, 3.63) is 41.5 Å². The molecule has 150 valence electrons. The highest BCUT2D eigenvalue weighted by Crippen LogP contribution is 2.30. The number of aromatic hydroxyl groups is 1. The lowest BCUT2D eigenvalue weighted by molar-refractivity contribution is 0.461. The summed E-state index contributed by atoms with van der Waals surface area (Å²) >= 11 is 0. The van der Waals surface area contributed by atoms with Crippen LogP contribution in [-0.2, 0) is 20.2 Å². The lowest BCUT2D eigenvalue weighted by atomic mass is 10.0. The predicted molar refractivity (Wildman–Crippen MR) is 102 cm³/mol. The molecule has 0 aliphatic carbocycles. The molecule has 11 heteroatoms. The number of benzene rings is 2. The number of anilines is 2. The Kier molecular flexibility index (Phi) is 6.83. The van der Waals surface area contributed by atoms with Crippen LogP contribution in [0.5, 0.6) is 5.75 Å². The van der Waals surface area contributed by atoms with E-state index in [1.165, 1.54) is 31.2 Å². The van der Waals surface area contributed by atoms with Crippen molar-refractivity contribution < 1.29 is 31.0 Å². The van der Waals surface area contributed by atoms with Gasteiger partial charge in [-0.25, -0.2) is 0 Å². The van der Waals surface area contributed by atoms with Crippen LogP contribution < -0.4 is 11.5 Å². The monoisotopic (exact) mass is 418 g/mol. The van der Waals surface area contributed by atoms with E-state index in [0.29, 0.717) is 11.1 Å². The van der Waals surface area contributed by atoms with Gasteiger partial charge in [0, 0.05) is 0 Å². The Morgan fingerprint density at radius 1 is 0.889 bits per heavy atom. The average Bonchev–Trinajstić information content (AvgIpc) is 2.47. The minimum absolute atomic E-state index is 0.00824. The second-order valence-electron chi connectivity index (χ2n) is 6.07. The van der Waals surface area contributed by atoms with Crippen molar-refractivity contribution in [1.82, 2.24) is 0 Å². The molecule has 0 radical (unpaired) electrons. The summed E-state index contributed by atoms with van der Waals surface area (Å²) in [4.78, 5) is -0.404. The third-order valence-corrected chi connectivity index (χ3v) is 5.43. The van der Waals surface area contributed by atoms with Gasteiger partial charge >= 0.3 is 0 Å². The number of nitrogens with two attached hydrogens (primary N) is 2. The average molecular weight is 418 g/mol. The summed E-state index contributed by atoms with van der Waals surface area (Å²) in [6.07, 6.45) is 0. The molecule has 0 amide bonds. The molecule has 0 aliphatic heterocycles. The summed E-state index contributed by atoms with van der Waals surface area (Å²) in [5.41, 5.74) is 11.9. The second kappa shape index (κ2) is 8.13. The van der Waals surface area contributed by atoms with Gasteiger partial charge in [0.15, 0.2) is 0 Å². The second-order valence-corrected chi connectivity index (χ2v) is 8.88. The summed E-state index contributed by atoms with van der Waals surface area (Å²) in [7, 11) is -8.40. The fraction of sp³-hybridized carbons (Fsp3) is 0.250. The Morgan fingerprint density at radius 2 is 1.44 bits per heavy atom. The quantitative estimate of drug-likeness (QED) is 0.368. The van der Waals surface area contributed by atoms with E-state index >= 15 is 0 Å². The Balaban J connectivity index is 0.000000277. The van der Waals surface area contributed by atoms with E-state index < -0.39 is 20.2 Å². The molecule has 2 aromatic rings. The SMILES string of the molecule is Cc1cc(O)c(C(C)C)cc1S(=O)(=O)O.Nc1ccc(S(=O)(=O)O)cc1N. The maximum atomic E-state index is 11.0. The zero-order valence-electron chi connectivity index (χ0n) is 14.9. The largest absolute Gasteiger partial charge is 0.508 e. The molecule has 2 aromatic carbocycles. The van der Waals surface area contributed by atoms with Crippen LogP contribution in [0.4, 0.5) is 11.4 Å². The molecule has 0 fully saturated rings. The molecule has 0 spiro atoms. The van der Waals surface area contributed by atoms with E-state index in [9.17, 15) is 21.9 Å². The summed E-state index contributed by atoms with van der Waals surface area (Å²) in [5.74, 6) is 0.0426. The van der Waals surface area contributed by atoms with Crippen LogP contribution in [0.15, 0.2) is 40.1 Å². The molecule has 9 nitrogen and oxygen atoms in total. The first-order valence-corrected chi connectivity index (χ1v) is 10.5. The Hall–Kier alpha value is -2.34. The molecule has 0 aliphatic rings. The Labute approximate surface area is 158 Å². The van der Waals surface area contributed by atoms with Gasteiger partial charge in [0.2, 0.25) is 0 Å². The van der Waals surface area contributed by atoms with Gasteiger partial charge < -0.3 is 16.6 Å². The number of aryl methyl sites for hydroxylation is 1. The van der Waals surface area contributed by atoms with Crippen molar-refractivity contribution in [2.45, 2.75) is 36.5 Å². The molecule has 0 aromatic heterocycles. The summed E-state index contributed by atoms with van der Waals surface area (Å²) in [6, 6.07) is 6.26. The Morgan fingerprint density at radius 3 is 1.85 bits per heavy atom. The molecular weight excluding hydrogens is 396 g/mol. The minimum atomic E-state index is -4.22. The third kappa shape index (κ3) is 6.10. The molecule has 0 bridgehead atoms. The van der Waals surface area contributed by atoms with Gasteiger partial charge in [-0.1, -0.05) is 13.8 Å². The number of hydrogen-bond donors (Lipinski definition) is 5. The van der Waals surface area contributed by atoms with Gasteiger partial charge in [0.1, 0.15) is 5.75 Å². The predicted octanol–water partition coefficient (Wildman–Crippen LogP) is 2.17. The van der Waals surface area contributed by atoms with Gasteiger partial charge in [-0.05, 0) is 54.3 Å². The zero-order valence-corrected chi connectivity index (χ0v) is 16.5. The molecular formula is C16H22N2O7S2. The van der Waals surface area contributed by atoms with E-state index in [4.69, 9.17) is 20.6 Å². The van der Waals surface area contributed by atoms with Gasteiger partial charge in [-0.15, -0.1) is 0 Å². The van der Waals surface area contributed by atoms with Crippen LogP contribution in [0.1, 0.15) is 30.9 Å². The molecule has 0 atom stereocenters. The molecule has 0 saturated carbocycles. The van der Waals surface area contributed by atoms with Gasteiger partial charge in [0.05, 0.1) is 21.2 Å². The fourth-order valence-electron chi connectivity index (χ4n) is 2.14. The van der Waals surface area contributed by atoms with E-state index in [1.54, 1.807) is 0 Å². The minimum Gasteiger partial charge on any atom is -0.508 e. The van der Waals surface area contributed by atoms with Crippen LogP contribution >= 0.6 is 0 Å². The number of rotatable bonds is 3. The van der Waals surface area contributed by atoms with Crippen LogP contribution in [0.3, 0.4) is 0 Å². The smallest absolute Gasteiger partial charge is 0.294 e. The molecule has 0 heterocycles. The van der Waals surface area contributed by atoms with E-state index in [2.05, 4.69) is 0 Å². The highest BCUT2D eigenvalue weighted by molar-refractivity contribution is 7.86. The first-order chi connectivity index (χ1) is 12.1. The van der Waals surface area contributed by atoms with Gasteiger partial charge in [-0.2, -0.15) is 16.8 Å². The lowest BCUT2D eigenvalue weighted by Crippen LogP contribution is -2.03. The zero-order chi connectivity index (χ0) is 21.2. The number of nitrogen functional groups attached to an aromatic ring is 2. The van der Waals surface area contributed by atoms with Crippen molar-refractivity contribution >= 4 is 31.6 Å². The first-order valence-electron chi connectivity index (χ1n) is 7.58. The van der Waals surface area contributed by atoms with Crippen LogP contribution in [0.25, 0.3) is 0 Å². The van der Waals surface area contributed by atoms with Crippen LogP contribution in [0, 0.1) is 6.92 Å². The molecule has 0 saturated heterocycles. The third-order valence-electron chi connectivity index (χ3n) is 3.58. The van der Waals surface area contributed by atoms with Gasteiger partial charge in [0.25, 0.3) is 20.2 Å². The van der Waals surface area contributed by atoms with E-state index in [1.807, 2.05) is 13.8 Å². The van der Waals surface area contributed by atoms with Crippen molar-refractivity contribution in [3.8, 4) is 5.75 Å². The topological polar surface area (TPSA) is 181 Å². The van der Waals surface area contributed by atoms with E-state index in [-0.39, 0.29) is 32.8 Å². The van der Waals surface area contributed by atoms with Crippen LogP contribution in [-0.4, -0.2) is 31.0 Å².